The van der Waals surface area contributed by atoms with E-state index in [1.165, 1.54) is 13.2 Å². The molecule has 4 nitrogen and oxygen atoms in total. The Morgan fingerprint density at radius 2 is 1.96 bits per heavy atom. The Balaban J connectivity index is 2.04. The molecule has 128 valence electrons. The average Bonchev–Trinajstić information content (AvgIpc) is 2.60. The first-order valence-electron chi connectivity index (χ1n) is 7.97. The van der Waals surface area contributed by atoms with E-state index in [9.17, 15) is 9.18 Å². The number of amides is 1. The number of para-hydroxylation sites is 1. The van der Waals surface area contributed by atoms with Crippen LogP contribution in [0.5, 0.6) is 5.75 Å². The molecule has 0 spiro atoms. The molecule has 1 atom stereocenters. The van der Waals surface area contributed by atoms with Gasteiger partial charge in [-0.15, -0.1) is 0 Å². The summed E-state index contributed by atoms with van der Waals surface area (Å²) < 4.78 is 18.8. The van der Waals surface area contributed by atoms with Gasteiger partial charge in [0.2, 0.25) is 5.91 Å². The molecule has 0 radical (unpaired) electrons. The van der Waals surface area contributed by atoms with Gasteiger partial charge in [-0.1, -0.05) is 31.2 Å². The van der Waals surface area contributed by atoms with Crippen molar-refractivity contribution >= 4 is 11.6 Å². The van der Waals surface area contributed by atoms with Crippen molar-refractivity contribution in [2.45, 2.75) is 26.4 Å². The first kappa shape index (κ1) is 17.9. The molecule has 0 aromatic heterocycles. The molecule has 24 heavy (non-hydrogen) atoms. The lowest BCUT2D eigenvalue weighted by Gasteiger charge is -2.27. The van der Waals surface area contributed by atoms with E-state index in [0.717, 1.165) is 11.3 Å². The number of methoxy groups -OCH3 is 1. The molecule has 0 unspecified atom stereocenters. The standard InChI is InChI=1S/C19H23FN2O2/c1-4-22(13-15-10-11-18(24-3)17(20)12-15)14(2)19(23)21-16-8-6-5-7-9-16/h5-12,14H,4,13H2,1-3H3,(H,21,23)/t14-/m0/s1. The number of hydrogen-bond acceptors (Lipinski definition) is 3. The van der Waals surface area contributed by atoms with Crippen molar-refractivity contribution in [1.29, 1.82) is 0 Å². The number of anilines is 1. The fourth-order valence-electron chi connectivity index (χ4n) is 2.50. The van der Waals surface area contributed by atoms with E-state index in [-0.39, 0.29) is 17.7 Å². The van der Waals surface area contributed by atoms with Gasteiger partial charge < -0.3 is 10.1 Å². The Kier molecular flexibility index (Phi) is 6.32. The van der Waals surface area contributed by atoms with E-state index >= 15 is 0 Å². The van der Waals surface area contributed by atoms with Crippen LogP contribution in [0.4, 0.5) is 10.1 Å². The highest BCUT2D eigenvalue weighted by Crippen LogP contribution is 2.19. The van der Waals surface area contributed by atoms with Gasteiger partial charge in [0.1, 0.15) is 0 Å². The maximum atomic E-state index is 13.8. The number of carbonyl (C=O) groups is 1. The van der Waals surface area contributed by atoms with Crippen molar-refractivity contribution in [3.8, 4) is 5.75 Å². The Morgan fingerprint density at radius 1 is 1.25 bits per heavy atom. The minimum Gasteiger partial charge on any atom is -0.494 e. The van der Waals surface area contributed by atoms with Crippen LogP contribution in [-0.4, -0.2) is 30.5 Å². The summed E-state index contributed by atoms with van der Waals surface area (Å²) in [5, 5.41) is 2.90. The average molecular weight is 330 g/mol. The van der Waals surface area contributed by atoms with Gasteiger partial charge in [0.25, 0.3) is 0 Å². The van der Waals surface area contributed by atoms with Crippen LogP contribution in [0.3, 0.4) is 0 Å². The molecular formula is C19H23FN2O2. The summed E-state index contributed by atoms with van der Waals surface area (Å²) in [5.74, 6) is -0.263. The maximum absolute atomic E-state index is 13.8. The van der Waals surface area contributed by atoms with Crippen molar-refractivity contribution in [3.05, 3.63) is 59.9 Å². The summed E-state index contributed by atoms with van der Waals surface area (Å²) in [6.07, 6.45) is 0. The van der Waals surface area contributed by atoms with E-state index in [2.05, 4.69) is 5.32 Å². The van der Waals surface area contributed by atoms with Crippen LogP contribution in [0, 0.1) is 5.82 Å². The largest absolute Gasteiger partial charge is 0.494 e. The zero-order chi connectivity index (χ0) is 17.5. The highest BCUT2D eigenvalue weighted by atomic mass is 19.1. The third-order valence-corrected chi connectivity index (χ3v) is 3.98. The molecule has 1 amide bonds. The quantitative estimate of drug-likeness (QED) is 0.842. The maximum Gasteiger partial charge on any atom is 0.241 e. The lowest BCUT2D eigenvalue weighted by Crippen LogP contribution is -2.41. The molecule has 0 saturated carbocycles. The van der Waals surface area contributed by atoms with Gasteiger partial charge in [0.05, 0.1) is 13.2 Å². The minimum atomic E-state index is -0.396. The SMILES string of the molecule is CCN(Cc1ccc(OC)c(F)c1)[C@@H](C)C(=O)Nc1ccccc1. The normalized spacial score (nSPS) is 12.0. The van der Waals surface area contributed by atoms with E-state index < -0.39 is 5.82 Å². The van der Waals surface area contributed by atoms with Crippen molar-refractivity contribution in [3.63, 3.8) is 0 Å². The Morgan fingerprint density at radius 3 is 2.54 bits per heavy atom. The van der Waals surface area contributed by atoms with Gasteiger partial charge in [-0.05, 0) is 43.3 Å². The minimum absolute atomic E-state index is 0.0861. The zero-order valence-electron chi connectivity index (χ0n) is 14.3. The van der Waals surface area contributed by atoms with Crippen LogP contribution < -0.4 is 10.1 Å². The Hall–Kier alpha value is -2.40. The number of benzene rings is 2. The van der Waals surface area contributed by atoms with Crippen LogP contribution in [-0.2, 0) is 11.3 Å². The van der Waals surface area contributed by atoms with Gasteiger partial charge in [-0.3, -0.25) is 9.69 Å². The third kappa shape index (κ3) is 4.55. The van der Waals surface area contributed by atoms with E-state index in [1.807, 2.05) is 55.1 Å². The molecule has 5 heteroatoms. The number of ether oxygens (including phenoxy) is 1. The zero-order valence-corrected chi connectivity index (χ0v) is 14.3. The van der Waals surface area contributed by atoms with Gasteiger partial charge in [-0.25, -0.2) is 4.39 Å². The molecule has 0 bridgehead atoms. The number of nitrogens with zero attached hydrogens (tertiary/aromatic N) is 1. The molecular weight excluding hydrogens is 307 g/mol. The third-order valence-electron chi connectivity index (χ3n) is 3.98. The number of rotatable bonds is 7. The van der Waals surface area contributed by atoms with Gasteiger partial charge in [0, 0.05) is 12.2 Å². The number of likely N-dealkylation sites (N-methyl/N-ethyl adjacent to an activating group) is 1. The van der Waals surface area contributed by atoms with E-state index in [4.69, 9.17) is 4.74 Å². The fourth-order valence-corrected chi connectivity index (χ4v) is 2.50. The summed E-state index contributed by atoms with van der Waals surface area (Å²) in [4.78, 5) is 14.4. The summed E-state index contributed by atoms with van der Waals surface area (Å²) in [6.45, 7) is 4.99. The molecule has 0 aliphatic rings. The fraction of sp³-hybridized carbons (Fsp3) is 0.316. The van der Waals surface area contributed by atoms with Crippen LogP contribution in [0.15, 0.2) is 48.5 Å². The number of halogens is 1. The Bertz CT molecular complexity index is 676. The molecule has 0 saturated heterocycles. The molecule has 1 N–H and O–H groups in total. The predicted octanol–water partition coefficient (Wildman–Crippen LogP) is 3.68. The molecule has 0 fully saturated rings. The molecule has 0 aliphatic carbocycles. The summed E-state index contributed by atoms with van der Waals surface area (Å²) in [7, 11) is 1.44. The van der Waals surface area contributed by atoms with Crippen LogP contribution >= 0.6 is 0 Å². The second-order valence-corrected chi connectivity index (χ2v) is 5.56. The number of carbonyl (C=O) groups excluding carboxylic acids is 1. The number of hydrogen-bond donors (Lipinski definition) is 1. The van der Waals surface area contributed by atoms with Crippen molar-refractivity contribution in [1.82, 2.24) is 4.90 Å². The highest BCUT2D eigenvalue weighted by molar-refractivity contribution is 5.94. The first-order valence-corrected chi connectivity index (χ1v) is 7.97. The summed E-state index contributed by atoms with van der Waals surface area (Å²) in [5.41, 5.74) is 1.57. The van der Waals surface area contributed by atoms with Crippen LogP contribution in [0.25, 0.3) is 0 Å². The topological polar surface area (TPSA) is 41.6 Å². The van der Waals surface area contributed by atoms with Gasteiger partial charge in [-0.2, -0.15) is 0 Å². The van der Waals surface area contributed by atoms with Crippen LogP contribution in [0.2, 0.25) is 0 Å². The number of nitrogens with one attached hydrogen (secondary N) is 1. The summed E-state index contributed by atoms with van der Waals surface area (Å²) in [6, 6.07) is 13.9. The smallest absolute Gasteiger partial charge is 0.241 e. The van der Waals surface area contributed by atoms with Crippen LogP contribution in [0.1, 0.15) is 19.4 Å². The second kappa shape index (κ2) is 8.45. The van der Waals surface area contributed by atoms with E-state index in [0.29, 0.717) is 13.1 Å². The molecule has 2 rings (SSSR count). The summed E-state index contributed by atoms with van der Waals surface area (Å²) >= 11 is 0. The van der Waals surface area contributed by atoms with Gasteiger partial charge >= 0.3 is 0 Å². The monoisotopic (exact) mass is 330 g/mol. The molecule has 2 aromatic carbocycles. The van der Waals surface area contributed by atoms with Crippen molar-refractivity contribution in [2.75, 3.05) is 19.0 Å². The Labute approximate surface area is 142 Å². The molecule has 2 aromatic rings. The molecule has 0 heterocycles. The van der Waals surface area contributed by atoms with E-state index in [1.54, 1.807) is 6.07 Å². The van der Waals surface area contributed by atoms with Crippen molar-refractivity contribution in [2.24, 2.45) is 0 Å². The van der Waals surface area contributed by atoms with Crippen molar-refractivity contribution < 1.29 is 13.9 Å². The van der Waals surface area contributed by atoms with Gasteiger partial charge in [0.15, 0.2) is 11.6 Å². The lowest BCUT2D eigenvalue weighted by molar-refractivity contribution is -0.120. The highest BCUT2D eigenvalue weighted by Gasteiger charge is 2.20. The second-order valence-electron chi connectivity index (χ2n) is 5.56. The molecule has 0 aliphatic heterocycles. The lowest BCUT2D eigenvalue weighted by atomic mass is 10.1. The first-order chi connectivity index (χ1) is 11.5. The predicted molar refractivity (Wildman–Crippen MR) is 93.6 cm³/mol.